The van der Waals surface area contributed by atoms with Gasteiger partial charge in [0.1, 0.15) is 6.61 Å². The van der Waals surface area contributed by atoms with Gasteiger partial charge < -0.3 is 4.74 Å². The fourth-order valence-electron chi connectivity index (χ4n) is 1.71. The van der Waals surface area contributed by atoms with Gasteiger partial charge in [-0.2, -0.15) is 5.26 Å². The molecule has 0 fully saturated rings. The average Bonchev–Trinajstić information content (AvgIpc) is 2.53. The molecule has 0 aliphatic carbocycles. The van der Waals surface area contributed by atoms with Crippen LogP contribution in [0, 0.1) is 21.4 Å². The minimum atomic E-state index is -0.652. The Kier molecular flexibility index (Phi) is 4.26. The largest absolute Gasteiger partial charge is 0.457 e. The zero-order chi connectivity index (χ0) is 15.2. The van der Waals surface area contributed by atoms with Crippen LogP contribution in [0.5, 0.6) is 0 Å². The maximum absolute atomic E-state index is 11.8. The molecule has 104 valence electrons. The van der Waals surface area contributed by atoms with Crippen LogP contribution in [0.3, 0.4) is 0 Å². The molecule has 6 heteroatoms. The summed E-state index contributed by atoms with van der Waals surface area (Å²) in [5, 5.41) is 19.4. The van der Waals surface area contributed by atoms with E-state index in [9.17, 15) is 14.9 Å². The molecule has 0 unspecified atom stereocenters. The molecule has 2 aromatic carbocycles. The van der Waals surface area contributed by atoms with Gasteiger partial charge in [-0.05, 0) is 23.8 Å². The third-order valence-electron chi connectivity index (χ3n) is 2.72. The zero-order valence-electron chi connectivity index (χ0n) is 10.9. The highest BCUT2D eigenvalue weighted by molar-refractivity contribution is 5.90. The third kappa shape index (κ3) is 3.64. The first-order chi connectivity index (χ1) is 10.1. The SMILES string of the molecule is N#Cc1cccc(COC(=O)c2cccc([N+](=O)[O-])c2)c1. The van der Waals surface area contributed by atoms with Crippen LogP contribution in [0.4, 0.5) is 5.69 Å². The van der Waals surface area contributed by atoms with E-state index in [0.717, 1.165) is 6.07 Å². The third-order valence-corrected chi connectivity index (χ3v) is 2.72. The molecule has 0 aromatic heterocycles. The number of ether oxygens (including phenoxy) is 1. The summed E-state index contributed by atoms with van der Waals surface area (Å²) in [7, 11) is 0. The highest BCUT2D eigenvalue weighted by atomic mass is 16.6. The molecule has 0 radical (unpaired) electrons. The van der Waals surface area contributed by atoms with Crippen LogP contribution in [0.15, 0.2) is 48.5 Å². The summed E-state index contributed by atoms with van der Waals surface area (Å²) in [4.78, 5) is 21.9. The standard InChI is InChI=1S/C15H10N2O4/c16-9-11-3-1-4-12(7-11)10-21-15(18)13-5-2-6-14(8-13)17(19)20/h1-8H,10H2. The van der Waals surface area contributed by atoms with Gasteiger partial charge in [0.2, 0.25) is 0 Å². The van der Waals surface area contributed by atoms with Gasteiger partial charge in [0.05, 0.1) is 22.1 Å². The number of non-ortho nitro benzene ring substituents is 1. The Morgan fingerprint density at radius 1 is 1.24 bits per heavy atom. The Balaban J connectivity index is 2.06. The van der Waals surface area contributed by atoms with Crippen molar-refractivity contribution in [2.75, 3.05) is 0 Å². The Bertz CT molecular complexity index is 734. The summed E-state index contributed by atoms with van der Waals surface area (Å²) in [6, 6.07) is 14.0. The van der Waals surface area contributed by atoms with Crippen molar-refractivity contribution in [2.24, 2.45) is 0 Å². The summed E-state index contributed by atoms with van der Waals surface area (Å²) >= 11 is 0. The number of nitrogens with zero attached hydrogens (tertiary/aromatic N) is 2. The highest BCUT2D eigenvalue weighted by Crippen LogP contribution is 2.15. The van der Waals surface area contributed by atoms with Gasteiger partial charge in [0.15, 0.2) is 0 Å². The number of rotatable bonds is 4. The van der Waals surface area contributed by atoms with E-state index in [2.05, 4.69) is 0 Å². The molecule has 0 atom stereocenters. The summed E-state index contributed by atoms with van der Waals surface area (Å²) in [5.41, 5.74) is 1.09. The lowest BCUT2D eigenvalue weighted by molar-refractivity contribution is -0.384. The van der Waals surface area contributed by atoms with Crippen molar-refractivity contribution in [3.63, 3.8) is 0 Å². The van der Waals surface area contributed by atoms with Gasteiger partial charge in [-0.1, -0.05) is 18.2 Å². The van der Waals surface area contributed by atoms with E-state index in [4.69, 9.17) is 10.00 Å². The minimum Gasteiger partial charge on any atom is -0.457 e. The second-order valence-corrected chi connectivity index (χ2v) is 4.20. The first-order valence-electron chi connectivity index (χ1n) is 6.01. The average molecular weight is 282 g/mol. The maximum Gasteiger partial charge on any atom is 0.338 e. The molecule has 0 spiro atoms. The van der Waals surface area contributed by atoms with Gasteiger partial charge in [-0.3, -0.25) is 10.1 Å². The number of nitro groups is 1. The number of carbonyl (C=O) groups is 1. The minimum absolute atomic E-state index is 0.00293. The number of hydrogen-bond donors (Lipinski definition) is 0. The molecule has 0 heterocycles. The van der Waals surface area contributed by atoms with Gasteiger partial charge in [-0.15, -0.1) is 0 Å². The maximum atomic E-state index is 11.8. The van der Waals surface area contributed by atoms with E-state index in [1.54, 1.807) is 24.3 Å². The molecule has 0 amide bonds. The van der Waals surface area contributed by atoms with Crippen LogP contribution in [-0.4, -0.2) is 10.9 Å². The van der Waals surface area contributed by atoms with E-state index < -0.39 is 10.9 Å². The summed E-state index contributed by atoms with van der Waals surface area (Å²) in [6.45, 7) is -0.00293. The molecule has 0 saturated heterocycles. The van der Waals surface area contributed by atoms with Crippen molar-refractivity contribution >= 4 is 11.7 Å². The van der Waals surface area contributed by atoms with Crippen molar-refractivity contribution < 1.29 is 14.5 Å². The van der Waals surface area contributed by atoms with Crippen LogP contribution in [-0.2, 0) is 11.3 Å². The molecule has 6 nitrogen and oxygen atoms in total. The fourth-order valence-corrected chi connectivity index (χ4v) is 1.71. The smallest absolute Gasteiger partial charge is 0.338 e. The Labute approximate surface area is 120 Å². The number of nitriles is 1. The van der Waals surface area contributed by atoms with Crippen molar-refractivity contribution in [3.8, 4) is 6.07 Å². The topological polar surface area (TPSA) is 93.2 Å². The van der Waals surface area contributed by atoms with Crippen LogP contribution < -0.4 is 0 Å². The fraction of sp³-hybridized carbons (Fsp3) is 0.0667. The van der Waals surface area contributed by atoms with Crippen molar-refractivity contribution in [3.05, 3.63) is 75.3 Å². The highest BCUT2D eigenvalue weighted by Gasteiger charge is 2.12. The van der Waals surface area contributed by atoms with Crippen molar-refractivity contribution in [2.45, 2.75) is 6.61 Å². The summed E-state index contributed by atoms with van der Waals surface area (Å²) in [5.74, 6) is -0.652. The molecule has 0 saturated carbocycles. The van der Waals surface area contributed by atoms with Gasteiger partial charge in [-0.25, -0.2) is 4.79 Å². The van der Waals surface area contributed by atoms with Gasteiger partial charge >= 0.3 is 5.97 Å². The normalized spacial score (nSPS) is 9.67. The first kappa shape index (κ1) is 14.2. The van der Waals surface area contributed by atoms with E-state index in [0.29, 0.717) is 11.1 Å². The van der Waals surface area contributed by atoms with E-state index in [-0.39, 0.29) is 17.9 Å². The van der Waals surface area contributed by atoms with Crippen molar-refractivity contribution in [1.29, 1.82) is 5.26 Å². The van der Waals surface area contributed by atoms with E-state index in [1.807, 2.05) is 6.07 Å². The van der Waals surface area contributed by atoms with Gasteiger partial charge in [0, 0.05) is 12.1 Å². The molecule has 0 bridgehead atoms. The number of nitro benzene ring substituents is 1. The predicted molar refractivity (Wildman–Crippen MR) is 73.4 cm³/mol. The molecule has 2 rings (SSSR count). The molecule has 0 N–H and O–H groups in total. The Morgan fingerprint density at radius 2 is 2.00 bits per heavy atom. The van der Waals surface area contributed by atoms with E-state index in [1.165, 1.54) is 18.2 Å². The summed E-state index contributed by atoms with van der Waals surface area (Å²) < 4.78 is 5.08. The predicted octanol–water partition coefficient (Wildman–Crippen LogP) is 2.82. The number of hydrogen-bond acceptors (Lipinski definition) is 5. The lowest BCUT2D eigenvalue weighted by atomic mass is 10.1. The molecule has 0 aliphatic rings. The van der Waals surface area contributed by atoms with Crippen LogP contribution in [0.1, 0.15) is 21.5 Å². The van der Waals surface area contributed by atoms with Gasteiger partial charge in [0.25, 0.3) is 5.69 Å². The Hall–Kier alpha value is -3.20. The van der Waals surface area contributed by atoms with Crippen LogP contribution in [0.25, 0.3) is 0 Å². The number of esters is 1. The summed E-state index contributed by atoms with van der Waals surface area (Å²) in [6.07, 6.45) is 0. The quantitative estimate of drug-likeness (QED) is 0.488. The Morgan fingerprint density at radius 3 is 2.71 bits per heavy atom. The second kappa shape index (κ2) is 6.30. The lowest BCUT2D eigenvalue weighted by Gasteiger charge is -2.05. The lowest BCUT2D eigenvalue weighted by Crippen LogP contribution is -2.05. The first-order valence-corrected chi connectivity index (χ1v) is 6.01. The zero-order valence-corrected chi connectivity index (χ0v) is 10.9. The molecule has 0 aliphatic heterocycles. The monoisotopic (exact) mass is 282 g/mol. The molecular weight excluding hydrogens is 272 g/mol. The number of benzene rings is 2. The molecule has 2 aromatic rings. The molecule has 21 heavy (non-hydrogen) atoms. The van der Waals surface area contributed by atoms with E-state index >= 15 is 0 Å². The number of carbonyl (C=O) groups excluding carboxylic acids is 1. The molecular formula is C15H10N2O4. The second-order valence-electron chi connectivity index (χ2n) is 4.20. The van der Waals surface area contributed by atoms with Crippen LogP contribution in [0.2, 0.25) is 0 Å². The van der Waals surface area contributed by atoms with Crippen LogP contribution >= 0.6 is 0 Å². The van der Waals surface area contributed by atoms with Crippen molar-refractivity contribution in [1.82, 2.24) is 0 Å².